The van der Waals surface area contributed by atoms with Gasteiger partial charge in [-0.05, 0) is 51.2 Å². The van der Waals surface area contributed by atoms with Crippen LogP contribution in [-0.4, -0.2) is 56.5 Å². The summed E-state index contributed by atoms with van der Waals surface area (Å²) in [4.78, 5) is 8.13. The van der Waals surface area contributed by atoms with Crippen molar-refractivity contribution < 1.29 is 9.47 Å². The zero-order valence-electron chi connectivity index (χ0n) is 17.2. The summed E-state index contributed by atoms with van der Waals surface area (Å²) in [7, 11) is 0. The SMILES string of the molecule is CCNC(=NCCCOCC1CCCO1)NCCc1c(C)[nH]c2ccccc12. The van der Waals surface area contributed by atoms with Gasteiger partial charge in [0.05, 0.1) is 12.7 Å². The summed E-state index contributed by atoms with van der Waals surface area (Å²) in [6, 6.07) is 8.48. The number of guanidine groups is 1. The molecule has 1 aliphatic rings. The lowest BCUT2D eigenvalue weighted by Crippen LogP contribution is -2.38. The number of aromatic amines is 1. The lowest BCUT2D eigenvalue weighted by molar-refractivity contribution is 0.0171. The van der Waals surface area contributed by atoms with E-state index >= 15 is 0 Å². The summed E-state index contributed by atoms with van der Waals surface area (Å²) in [5, 5.41) is 8.08. The molecular weight excluding hydrogens is 352 g/mol. The van der Waals surface area contributed by atoms with Crippen molar-refractivity contribution in [1.82, 2.24) is 15.6 Å². The number of H-pyrrole nitrogens is 1. The normalized spacial score (nSPS) is 17.4. The maximum atomic E-state index is 5.70. The van der Waals surface area contributed by atoms with E-state index in [0.29, 0.717) is 12.7 Å². The Morgan fingerprint density at radius 2 is 2.21 bits per heavy atom. The molecule has 0 saturated carbocycles. The summed E-state index contributed by atoms with van der Waals surface area (Å²) in [6.45, 7) is 9.03. The molecule has 1 aliphatic heterocycles. The van der Waals surface area contributed by atoms with Crippen molar-refractivity contribution >= 4 is 16.9 Å². The first-order valence-electron chi connectivity index (χ1n) is 10.6. The molecule has 1 aromatic heterocycles. The molecule has 28 heavy (non-hydrogen) atoms. The number of aliphatic imine (C=N–C) groups is 1. The summed E-state index contributed by atoms with van der Waals surface area (Å²) < 4.78 is 11.3. The third-order valence-electron chi connectivity index (χ3n) is 5.08. The Labute approximate surface area is 168 Å². The minimum atomic E-state index is 0.301. The van der Waals surface area contributed by atoms with E-state index in [4.69, 9.17) is 9.47 Å². The Balaban J connectivity index is 1.39. The van der Waals surface area contributed by atoms with Crippen LogP contribution in [0.15, 0.2) is 29.3 Å². The molecule has 154 valence electrons. The molecule has 0 spiro atoms. The second-order valence-electron chi connectivity index (χ2n) is 7.28. The summed E-state index contributed by atoms with van der Waals surface area (Å²) in [5.41, 5.74) is 3.83. The average Bonchev–Trinajstić information content (AvgIpc) is 3.32. The molecular formula is C22H34N4O2. The Kier molecular flexibility index (Phi) is 8.18. The minimum absolute atomic E-state index is 0.301. The van der Waals surface area contributed by atoms with Gasteiger partial charge in [-0.2, -0.15) is 0 Å². The van der Waals surface area contributed by atoms with Crippen LogP contribution >= 0.6 is 0 Å². The molecule has 1 unspecified atom stereocenters. The molecule has 1 saturated heterocycles. The number of fused-ring (bicyclic) bond motifs is 1. The maximum absolute atomic E-state index is 5.70. The molecule has 1 atom stereocenters. The Morgan fingerprint density at radius 1 is 1.32 bits per heavy atom. The molecule has 0 amide bonds. The highest BCUT2D eigenvalue weighted by atomic mass is 16.5. The van der Waals surface area contributed by atoms with Crippen LogP contribution < -0.4 is 10.6 Å². The number of ether oxygens (including phenoxy) is 2. The number of nitrogens with one attached hydrogen (secondary N) is 3. The van der Waals surface area contributed by atoms with Gasteiger partial charge in [0.1, 0.15) is 0 Å². The number of aromatic nitrogens is 1. The van der Waals surface area contributed by atoms with Crippen LogP contribution in [0.4, 0.5) is 0 Å². The van der Waals surface area contributed by atoms with Crippen LogP contribution in [0.2, 0.25) is 0 Å². The third kappa shape index (κ3) is 5.97. The predicted octanol–water partition coefficient (Wildman–Crippen LogP) is 3.16. The molecule has 6 heteroatoms. The van der Waals surface area contributed by atoms with E-state index < -0.39 is 0 Å². The van der Waals surface area contributed by atoms with Crippen LogP contribution in [0.1, 0.15) is 37.4 Å². The van der Waals surface area contributed by atoms with Crippen LogP contribution in [0, 0.1) is 6.92 Å². The molecule has 0 aliphatic carbocycles. The summed E-state index contributed by atoms with van der Waals surface area (Å²) in [5.74, 6) is 0.874. The fourth-order valence-corrected chi connectivity index (χ4v) is 3.65. The van der Waals surface area contributed by atoms with E-state index in [0.717, 1.165) is 64.5 Å². The molecule has 3 rings (SSSR count). The highest BCUT2D eigenvalue weighted by Gasteiger charge is 2.14. The van der Waals surface area contributed by atoms with Crippen molar-refractivity contribution in [2.75, 3.05) is 39.5 Å². The molecule has 2 heterocycles. The lowest BCUT2D eigenvalue weighted by atomic mass is 10.1. The largest absolute Gasteiger partial charge is 0.379 e. The van der Waals surface area contributed by atoms with E-state index in [9.17, 15) is 0 Å². The zero-order valence-corrected chi connectivity index (χ0v) is 17.2. The van der Waals surface area contributed by atoms with Gasteiger partial charge in [0, 0.05) is 49.4 Å². The van der Waals surface area contributed by atoms with Gasteiger partial charge in [-0.1, -0.05) is 18.2 Å². The molecule has 1 aromatic carbocycles. The molecule has 0 bridgehead atoms. The molecule has 1 fully saturated rings. The van der Waals surface area contributed by atoms with Crippen molar-refractivity contribution in [2.24, 2.45) is 4.99 Å². The van der Waals surface area contributed by atoms with Crippen molar-refractivity contribution in [2.45, 2.75) is 45.6 Å². The molecule has 2 aromatic rings. The van der Waals surface area contributed by atoms with Gasteiger partial charge < -0.3 is 25.1 Å². The fraction of sp³-hybridized carbons (Fsp3) is 0.591. The first-order valence-corrected chi connectivity index (χ1v) is 10.6. The number of nitrogens with zero attached hydrogens (tertiary/aromatic N) is 1. The van der Waals surface area contributed by atoms with E-state index in [2.05, 4.69) is 58.7 Å². The predicted molar refractivity (Wildman–Crippen MR) is 115 cm³/mol. The van der Waals surface area contributed by atoms with E-state index in [1.54, 1.807) is 0 Å². The van der Waals surface area contributed by atoms with Gasteiger partial charge in [0.15, 0.2) is 5.96 Å². The van der Waals surface area contributed by atoms with Crippen LogP contribution in [0.5, 0.6) is 0 Å². The van der Waals surface area contributed by atoms with Crippen molar-refractivity contribution in [3.63, 3.8) is 0 Å². The highest BCUT2D eigenvalue weighted by Crippen LogP contribution is 2.21. The smallest absolute Gasteiger partial charge is 0.191 e. The van der Waals surface area contributed by atoms with Crippen LogP contribution in [-0.2, 0) is 15.9 Å². The second kappa shape index (κ2) is 11.1. The number of hydrogen-bond acceptors (Lipinski definition) is 3. The monoisotopic (exact) mass is 386 g/mol. The number of para-hydroxylation sites is 1. The van der Waals surface area contributed by atoms with Crippen LogP contribution in [0.25, 0.3) is 10.9 Å². The fourth-order valence-electron chi connectivity index (χ4n) is 3.65. The molecule has 3 N–H and O–H groups in total. The number of rotatable bonds is 10. The maximum Gasteiger partial charge on any atom is 0.191 e. The van der Waals surface area contributed by atoms with Crippen LogP contribution in [0.3, 0.4) is 0 Å². The number of benzene rings is 1. The zero-order chi connectivity index (χ0) is 19.6. The van der Waals surface area contributed by atoms with E-state index in [1.165, 1.54) is 22.2 Å². The summed E-state index contributed by atoms with van der Waals surface area (Å²) in [6.07, 6.45) is 4.47. The van der Waals surface area contributed by atoms with Gasteiger partial charge in [-0.3, -0.25) is 4.99 Å². The lowest BCUT2D eigenvalue weighted by Gasteiger charge is -2.12. The first-order chi connectivity index (χ1) is 13.8. The van der Waals surface area contributed by atoms with Gasteiger partial charge in [0.2, 0.25) is 0 Å². The topological polar surface area (TPSA) is 70.7 Å². The average molecular weight is 387 g/mol. The van der Waals surface area contributed by atoms with Crippen molar-refractivity contribution in [1.29, 1.82) is 0 Å². The Bertz CT molecular complexity index is 750. The van der Waals surface area contributed by atoms with Gasteiger partial charge in [-0.15, -0.1) is 0 Å². The highest BCUT2D eigenvalue weighted by molar-refractivity contribution is 5.84. The van der Waals surface area contributed by atoms with E-state index in [-0.39, 0.29) is 0 Å². The number of hydrogen-bond donors (Lipinski definition) is 3. The second-order valence-corrected chi connectivity index (χ2v) is 7.28. The van der Waals surface area contributed by atoms with E-state index in [1.807, 2.05) is 0 Å². The van der Waals surface area contributed by atoms with Gasteiger partial charge >= 0.3 is 0 Å². The van der Waals surface area contributed by atoms with Gasteiger partial charge in [-0.25, -0.2) is 0 Å². The molecule has 6 nitrogen and oxygen atoms in total. The number of aryl methyl sites for hydroxylation is 1. The summed E-state index contributed by atoms with van der Waals surface area (Å²) >= 11 is 0. The van der Waals surface area contributed by atoms with Crippen molar-refractivity contribution in [3.8, 4) is 0 Å². The first kappa shape index (κ1) is 20.7. The quantitative estimate of drug-likeness (QED) is 0.333. The standard InChI is InChI=1S/C22H34N4O2/c1-3-23-22(24-12-7-14-27-16-18-8-6-15-28-18)25-13-11-19-17(2)26-21-10-5-4-9-20(19)21/h4-5,9-10,18,26H,3,6-8,11-16H2,1-2H3,(H2,23,24,25). The third-order valence-corrected chi connectivity index (χ3v) is 5.08. The Morgan fingerprint density at radius 3 is 3.04 bits per heavy atom. The Hall–Kier alpha value is -2.05. The van der Waals surface area contributed by atoms with Crippen molar-refractivity contribution in [3.05, 3.63) is 35.5 Å². The minimum Gasteiger partial charge on any atom is -0.379 e. The molecule has 0 radical (unpaired) electrons. The van der Waals surface area contributed by atoms with Gasteiger partial charge in [0.25, 0.3) is 0 Å².